The highest BCUT2D eigenvalue weighted by Crippen LogP contribution is 2.31. The molecule has 0 bridgehead atoms. The number of fused-ring (bicyclic) bond motifs is 1. The normalized spacial score (nSPS) is 14.1. The Kier molecular flexibility index (Phi) is 3.06. The van der Waals surface area contributed by atoms with Gasteiger partial charge in [-0.05, 0) is 32.2 Å². The Morgan fingerprint density at radius 3 is 2.56 bits per heavy atom. The molecule has 1 heterocycles. The molecule has 1 N–H and O–H groups in total. The number of alkyl halides is 3. The SMILES string of the molecule is CNC(C)c1nc2cc(C(F)(F)F)ccc2n1C. The van der Waals surface area contributed by atoms with Crippen molar-refractivity contribution in [3.63, 3.8) is 0 Å². The molecule has 6 heteroatoms. The molecule has 1 unspecified atom stereocenters. The summed E-state index contributed by atoms with van der Waals surface area (Å²) in [4.78, 5) is 4.26. The minimum atomic E-state index is -4.33. The molecule has 0 aliphatic rings. The quantitative estimate of drug-likeness (QED) is 0.896. The maximum absolute atomic E-state index is 12.6. The average molecular weight is 257 g/mol. The molecule has 0 fully saturated rings. The first-order valence-corrected chi connectivity index (χ1v) is 5.55. The Balaban J connectivity index is 2.59. The third kappa shape index (κ3) is 2.08. The van der Waals surface area contributed by atoms with Crippen LogP contribution in [0.3, 0.4) is 0 Å². The van der Waals surface area contributed by atoms with Gasteiger partial charge in [0.15, 0.2) is 0 Å². The number of nitrogens with one attached hydrogen (secondary N) is 1. The van der Waals surface area contributed by atoms with Gasteiger partial charge in [-0.2, -0.15) is 13.2 Å². The molecule has 0 radical (unpaired) electrons. The molecule has 1 atom stereocenters. The van der Waals surface area contributed by atoms with E-state index in [9.17, 15) is 13.2 Å². The fourth-order valence-corrected chi connectivity index (χ4v) is 1.91. The number of hydrogen-bond acceptors (Lipinski definition) is 2. The Morgan fingerprint density at radius 2 is 2.00 bits per heavy atom. The van der Waals surface area contributed by atoms with Crippen molar-refractivity contribution in [3.05, 3.63) is 29.6 Å². The summed E-state index contributed by atoms with van der Waals surface area (Å²) in [7, 11) is 3.58. The lowest BCUT2D eigenvalue weighted by Gasteiger charge is -2.09. The summed E-state index contributed by atoms with van der Waals surface area (Å²) >= 11 is 0. The molecule has 0 saturated carbocycles. The van der Waals surface area contributed by atoms with Crippen molar-refractivity contribution in [2.24, 2.45) is 7.05 Å². The molecule has 0 spiro atoms. The monoisotopic (exact) mass is 257 g/mol. The van der Waals surface area contributed by atoms with E-state index in [1.54, 1.807) is 18.7 Å². The van der Waals surface area contributed by atoms with Crippen molar-refractivity contribution < 1.29 is 13.2 Å². The van der Waals surface area contributed by atoms with E-state index in [4.69, 9.17) is 0 Å². The van der Waals surface area contributed by atoms with Gasteiger partial charge in [-0.1, -0.05) is 0 Å². The number of nitrogens with zero attached hydrogens (tertiary/aromatic N) is 2. The van der Waals surface area contributed by atoms with E-state index in [0.29, 0.717) is 16.9 Å². The van der Waals surface area contributed by atoms with Crippen molar-refractivity contribution in [1.29, 1.82) is 0 Å². The highest BCUT2D eigenvalue weighted by Gasteiger charge is 2.31. The molecular formula is C12H14F3N3. The van der Waals surface area contributed by atoms with E-state index in [2.05, 4.69) is 10.3 Å². The van der Waals surface area contributed by atoms with Crippen molar-refractivity contribution in [1.82, 2.24) is 14.9 Å². The van der Waals surface area contributed by atoms with Crippen molar-refractivity contribution in [2.75, 3.05) is 7.05 Å². The summed E-state index contributed by atoms with van der Waals surface area (Å²) < 4.78 is 39.6. The number of benzene rings is 1. The topological polar surface area (TPSA) is 29.9 Å². The second kappa shape index (κ2) is 4.28. The van der Waals surface area contributed by atoms with E-state index in [0.717, 1.165) is 12.1 Å². The van der Waals surface area contributed by atoms with Gasteiger partial charge in [0, 0.05) is 7.05 Å². The standard InChI is InChI=1S/C12H14F3N3/c1-7(16-2)11-17-9-6-8(12(13,14)15)4-5-10(9)18(11)3/h4-7,16H,1-3H3. The Bertz CT molecular complexity index is 572. The number of halogens is 3. The van der Waals surface area contributed by atoms with Gasteiger partial charge < -0.3 is 9.88 Å². The van der Waals surface area contributed by atoms with Crippen molar-refractivity contribution in [2.45, 2.75) is 19.1 Å². The molecule has 0 aliphatic carbocycles. The van der Waals surface area contributed by atoms with Gasteiger partial charge in [-0.25, -0.2) is 4.98 Å². The molecule has 0 amide bonds. The summed E-state index contributed by atoms with van der Waals surface area (Å²) in [5.74, 6) is 0.715. The second-order valence-corrected chi connectivity index (χ2v) is 4.24. The van der Waals surface area contributed by atoms with Crippen LogP contribution in [0.1, 0.15) is 24.4 Å². The Labute approximate surface area is 103 Å². The van der Waals surface area contributed by atoms with Crippen LogP contribution in [-0.4, -0.2) is 16.6 Å². The number of aryl methyl sites for hydroxylation is 1. The molecule has 98 valence electrons. The molecular weight excluding hydrogens is 243 g/mol. The maximum atomic E-state index is 12.6. The summed E-state index contributed by atoms with van der Waals surface area (Å²) in [5.41, 5.74) is 0.390. The number of imidazole rings is 1. The van der Waals surface area contributed by atoms with Crippen LogP contribution in [-0.2, 0) is 13.2 Å². The zero-order valence-electron chi connectivity index (χ0n) is 10.3. The highest BCUT2D eigenvalue weighted by atomic mass is 19.4. The summed E-state index contributed by atoms with van der Waals surface area (Å²) in [6.07, 6.45) is -4.33. The van der Waals surface area contributed by atoms with Gasteiger partial charge >= 0.3 is 6.18 Å². The fourth-order valence-electron chi connectivity index (χ4n) is 1.91. The highest BCUT2D eigenvalue weighted by molar-refractivity contribution is 5.77. The van der Waals surface area contributed by atoms with Gasteiger partial charge in [0.05, 0.1) is 22.6 Å². The van der Waals surface area contributed by atoms with Crippen LogP contribution in [0.2, 0.25) is 0 Å². The summed E-state index contributed by atoms with van der Waals surface area (Å²) in [5, 5.41) is 3.02. The third-order valence-corrected chi connectivity index (χ3v) is 3.06. The Morgan fingerprint density at radius 1 is 1.33 bits per heavy atom. The predicted molar refractivity (Wildman–Crippen MR) is 63.2 cm³/mol. The van der Waals surface area contributed by atoms with Crippen LogP contribution in [0.15, 0.2) is 18.2 Å². The minimum Gasteiger partial charge on any atom is -0.330 e. The van der Waals surface area contributed by atoms with Crippen molar-refractivity contribution in [3.8, 4) is 0 Å². The number of rotatable bonds is 2. The Hall–Kier alpha value is -1.56. The molecule has 18 heavy (non-hydrogen) atoms. The zero-order chi connectivity index (χ0) is 13.5. The first-order chi connectivity index (χ1) is 8.34. The van der Waals surface area contributed by atoms with Crippen molar-refractivity contribution >= 4 is 11.0 Å². The first-order valence-electron chi connectivity index (χ1n) is 5.55. The van der Waals surface area contributed by atoms with Gasteiger partial charge in [-0.3, -0.25) is 0 Å². The molecule has 3 nitrogen and oxygen atoms in total. The van der Waals surface area contributed by atoms with E-state index >= 15 is 0 Å². The third-order valence-electron chi connectivity index (χ3n) is 3.06. The zero-order valence-corrected chi connectivity index (χ0v) is 10.3. The lowest BCUT2D eigenvalue weighted by Crippen LogP contribution is -2.16. The molecule has 0 aliphatic heterocycles. The number of hydrogen-bond donors (Lipinski definition) is 1. The van der Waals surface area contributed by atoms with Crippen LogP contribution in [0.5, 0.6) is 0 Å². The van der Waals surface area contributed by atoms with Gasteiger partial charge in [0.1, 0.15) is 5.82 Å². The van der Waals surface area contributed by atoms with Gasteiger partial charge in [0.2, 0.25) is 0 Å². The molecule has 1 aromatic carbocycles. The molecule has 0 saturated heterocycles. The largest absolute Gasteiger partial charge is 0.416 e. The van der Waals surface area contributed by atoms with E-state index in [1.165, 1.54) is 6.07 Å². The van der Waals surface area contributed by atoms with E-state index < -0.39 is 11.7 Å². The number of aromatic nitrogens is 2. The maximum Gasteiger partial charge on any atom is 0.416 e. The molecule has 1 aromatic heterocycles. The molecule has 2 aromatic rings. The van der Waals surface area contributed by atoms with E-state index in [-0.39, 0.29) is 6.04 Å². The van der Waals surface area contributed by atoms with Crippen LogP contribution in [0, 0.1) is 0 Å². The van der Waals surface area contributed by atoms with Gasteiger partial charge in [-0.15, -0.1) is 0 Å². The lowest BCUT2D eigenvalue weighted by molar-refractivity contribution is -0.137. The van der Waals surface area contributed by atoms with E-state index in [1.807, 2.05) is 6.92 Å². The van der Waals surface area contributed by atoms with Crippen LogP contribution >= 0.6 is 0 Å². The smallest absolute Gasteiger partial charge is 0.330 e. The van der Waals surface area contributed by atoms with Crippen LogP contribution in [0.25, 0.3) is 11.0 Å². The first kappa shape index (κ1) is 12.9. The predicted octanol–water partition coefficient (Wildman–Crippen LogP) is 2.87. The summed E-state index contributed by atoms with van der Waals surface area (Å²) in [6.45, 7) is 1.91. The molecule has 2 rings (SSSR count). The van der Waals surface area contributed by atoms with Gasteiger partial charge in [0.25, 0.3) is 0 Å². The average Bonchev–Trinajstić information content (AvgIpc) is 2.64. The van der Waals surface area contributed by atoms with Crippen LogP contribution < -0.4 is 5.32 Å². The summed E-state index contributed by atoms with van der Waals surface area (Å²) in [6, 6.07) is 3.60. The fraction of sp³-hybridized carbons (Fsp3) is 0.417. The second-order valence-electron chi connectivity index (χ2n) is 4.24. The van der Waals surface area contributed by atoms with Crippen LogP contribution in [0.4, 0.5) is 13.2 Å². The lowest BCUT2D eigenvalue weighted by atomic mass is 10.2. The minimum absolute atomic E-state index is 0.0169.